The summed E-state index contributed by atoms with van der Waals surface area (Å²) >= 11 is 0. The summed E-state index contributed by atoms with van der Waals surface area (Å²) in [5.41, 5.74) is 1.67. The van der Waals surface area contributed by atoms with Gasteiger partial charge in [-0.05, 0) is 38.3 Å². The molecular formula is C19H28N4O3. The van der Waals surface area contributed by atoms with Crippen LogP contribution in [0.4, 0.5) is 4.79 Å². The van der Waals surface area contributed by atoms with E-state index in [1.807, 2.05) is 49.9 Å². The Kier molecular flexibility index (Phi) is 6.60. The van der Waals surface area contributed by atoms with Crippen LogP contribution in [0.15, 0.2) is 24.3 Å². The Labute approximate surface area is 154 Å². The Morgan fingerprint density at radius 3 is 2.54 bits per heavy atom. The van der Waals surface area contributed by atoms with Gasteiger partial charge in [0.2, 0.25) is 11.8 Å². The summed E-state index contributed by atoms with van der Waals surface area (Å²) in [6, 6.07) is 7.40. The second-order valence-electron chi connectivity index (χ2n) is 7.57. The van der Waals surface area contributed by atoms with Crippen LogP contribution in [-0.4, -0.2) is 41.4 Å². The fourth-order valence-corrected chi connectivity index (χ4v) is 2.80. The van der Waals surface area contributed by atoms with E-state index in [1.54, 1.807) is 0 Å². The van der Waals surface area contributed by atoms with Gasteiger partial charge in [-0.2, -0.15) is 0 Å². The summed E-state index contributed by atoms with van der Waals surface area (Å²) in [4.78, 5) is 37.1. The number of nitrogens with one attached hydrogen (secondary N) is 3. The molecule has 1 aromatic carbocycles. The molecule has 0 radical (unpaired) electrons. The molecule has 142 valence electrons. The topological polar surface area (TPSA) is 90.5 Å². The normalized spacial score (nSPS) is 14.3. The van der Waals surface area contributed by atoms with E-state index >= 15 is 0 Å². The quantitative estimate of drug-likeness (QED) is 0.718. The van der Waals surface area contributed by atoms with Gasteiger partial charge in [0.05, 0.1) is 6.54 Å². The summed E-state index contributed by atoms with van der Waals surface area (Å²) in [6.07, 6.45) is 1.55. The second-order valence-corrected chi connectivity index (χ2v) is 7.57. The fraction of sp³-hybridized carbons (Fsp3) is 0.526. The van der Waals surface area contributed by atoms with E-state index in [4.69, 9.17) is 0 Å². The van der Waals surface area contributed by atoms with Crippen LogP contribution in [0.2, 0.25) is 0 Å². The van der Waals surface area contributed by atoms with Crippen molar-refractivity contribution in [3.05, 3.63) is 35.4 Å². The number of hydrogen-bond donors (Lipinski definition) is 3. The van der Waals surface area contributed by atoms with E-state index in [2.05, 4.69) is 16.0 Å². The predicted molar refractivity (Wildman–Crippen MR) is 99.2 cm³/mol. The van der Waals surface area contributed by atoms with Crippen LogP contribution in [0, 0.1) is 0 Å². The minimum atomic E-state index is -0.394. The lowest BCUT2D eigenvalue weighted by molar-refractivity contribution is -0.128. The first-order valence-corrected chi connectivity index (χ1v) is 8.91. The fourth-order valence-electron chi connectivity index (χ4n) is 2.80. The molecule has 0 aliphatic carbocycles. The lowest BCUT2D eigenvalue weighted by Gasteiger charge is -2.20. The SMILES string of the molecule is CC(C)(C)NC(=O)CNC(=O)NCc1cccc(CN2CCCC2=O)c1. The van der Waals surface area contributed by atoms with Crippen LogP contribution in [0.3, 0.4) is 0 Å². The molecule has 0 atom stereocenters. The molecule has 7 heteroatoms. The minimum absolute atomic E-state index is 0.0692. The number of likely N-dealkylation sites (tertiary alicyclic amines) is 1. The van der Waals surface area contributed by atoms with Gasteiger partial charge in [0, 0.05) is 31.6 Å². The molecule has 1 aromatic rings. The van der Waals surface area contributed by atoms with Gasteiger partial charge >= 0.3 is 6.03 Å². The standard InChI is InChI=1S/C19H28N4O3/c1-19(2,3)22-16(24)12-21-18(26)20-11-14-6-4-7-15(10-14)13-23-9-5-8-17(23)25/h4,6-7,10H,5,8-9,11-13H2,1-3H3,(H,22,24)(H2,20,21,26). The van der Waals surface area contributed by atoms with Crippen molar-refractivity contribution in [1.29, 1.82) is 0 Å². The lowest BCUT2D eigenvalue weighted by atomic mass is 10.1. The molecule has 0 aromatic heterocycles. The average molecular weight is 360 g/mol. The highest BCUT2D eigenvalue weighted by atomic mass is 16.2. The molecule has 7 nitrogen and oxygen atoms in total. The average Bonchev–Trinajstić information content (AvgIpc) is 2.95. The van der Waals surface area contributed by atoms with Gasteiger partial charge in [-0.25, -0.2) is 4.79 Å². The van der Waals surface area contributed by atoms with Gasteiger partial charge in [-0.15, -0.1) is 0 Å². The summed E-state index contributed by atoms with van der Waals surface area (Å²) < 4.78 is 0. The molecule has 0 saturated carbocycles. The molecule has 0 bridgehead atoms. The van der Waals surface area contributed by atoms with Crippen molar-refractivity contribution in [3.63, 3.8) is 0 Å². The van der Waals surface area contributed by atoms with E-state index in [0.29, 0.717) is 19.5 Å². The van der Waals surface area contributed by atoms with Crippen LogP contribution in [0.5, 0.6) is 0 Å². The van der Waals surface area contributed by atoms with Crippen molar-refractivity contribution >= 4 is 17.8 Å². The molecule has 0 spiro atoms. The number of urea groups is 1. The third-order valence-corrected chi connectivity index (χ3v) is 3.91. The number of carbonyl (C=O) groups excluding carboxylic acids is 3. The number of benzene rings is 1. The Morgan fingerprint density at radius 1 is 1.15 bits per heavy atom. The molecule has 26 heavy (non-hydrogen) atoms. The van der Waals surface area contributed by atoms with Gasteiger partial charge in [0.25, 0.3) is 0 Å². The zero-order valence-electron chi connectivity index (χ0n) is 15.7. The van der Waals surface area contributed by atoms with E-state index in [0.717, 1.165) is 24.1 Å². The first kappa shape index (κ1) is 19.8. The number of amides is 4. The highest BCUT2D eigenvalue weighted by molar-refractivity contribution is 5.84. The summed E-state index contributed by atoms with van der Waals surface area (Å²) in [5.74, 6) is -0.0358. The summed E-state index contributed by atoms with van der Waals surface area (Å²) in [7, 11) is 0. The number of carbonyl (C=O) groups is 3. The van der Waals surface area contributed by atoms with E-state index in [1.165, 1.54) is 0 Å². The minimum Gasteiger partial charge on any atom is -0.350 e. The molecule has 1 fully saturated rings. The van der Waals surface area contributed by atoms with Gasteiger partial charge in [0.15, 0.2) is 0 Å². The summed E-state index contributed by atoms with van der Waals surface area (Å²) in [6.45, 7) is 7.34. The zero-order valence-corrected chi connectivity index (χ0v) is 15.7. The highest BCUT2D eigenvalue weighted by Crippen LogP contribution is 2.15. The van der Waals surface area contributed by atoms with Gasteiger partial charge in [-0.3, -0.25) is 9.59 Å². The van der Waals surface area contributed by atoms with Crippen molar-refractivity contribution < 1.29 is 14.4 Å². The first-order valence-electron chi connectivity index (χ1n) is 8.91. The maximum Gasteiger partial charge on any atom is 0.315 e. The van der Waals surface area contributed by atoms with Crippen LogP contribution in [0.1, 0.15) is 44.7 Å². The molecule has 0 unspecified atom stereocenters. The molecule has 4 amide bonds. The third-order valence-electron chi connectivity index (χ3n) is 3.91. The molecule has 1 aliphatic heterocycles. The molecule has 3 N–H and O–H groups in total. The van der Waals surface area contributed by atoms with Crippen LogP contribution < -0.4 is 16.0 Å². The van der Waals surface area contributed by atoms with Gasteiger partial charge in [-0.1, -0.05) is 24.3 Å². The van der Waals surface area contributed by atoms with E-state index in [9.17, 15) is 14.4 Å². The zero-order chi connectivity index (χ0) is 19.2. The van der Waals surface area contributed by atoms with E-state index in [-0.39, 0.29) is 23.9 Å². The van der Waals surface area contributed by atoms with Crippen LogP contribution in [-0.2, 0) is 22.7 Å². The smallest absolute Gasteiger partial charge is 0.315 e. The Morgan fingerprint density at radius 2 is 1.88 bits per heavy atom. The molecular weight excluding hydrogens is 332 g/mol. The van der Waals surface area contributed by atoms with Crippen LogP contribution >= 0.6 is 0 Å². The lowest BCUT2D eigenvalue weighted by Crippen LogP contribution is -2.47. The largest absolute Gasteiger partial charge is 0.350 e. The highest BCUT2D eigenvalue weighted by Gasteiger charge is 2.20. The third kappa shape index (κ3) is 6.74. The van der Waals surface area contributed by atoms with Crippen molar-refractivity contribution in [2.45, 2.75) is 52.2 Å². The molecule has 2 rings (SSSR count). The summed E-state index contributed by atoms with van der Waals surface area (Å²) in [5, 5.41) is 8.06. The number of hydrogen-bond acceptors (Lipinski definition) is 3. The molecule has 1 heterocycles. The Balaban J connectivity index is 1.76. The molecule has 1 aliphatic rings. The Hall–Kier alpha value is -2.57. The Bertz CT molecular complexity index is 667. The van der Waals surface area contributed by atoms with Crippen molar-refractivity contribution in [3.8, 4) is 0 Å². The van der Waals surface area contributed by atoms with Gasteiger partial charge in [0.1, 0.15) is 0 Å². The van der Waals surface area contributed by atoms with Crippen LogP contribution in [0.25, 0.3) is 0 Å². The maximum absolute atomic E-state index is 11.8. The number of rotatable bonds is 6. The van der Waals surface area contributed by atoms with Crippen molar-refractivity contribution in [2.75, 3.05) is 13.1 Å². The number of nitrogens with zero attached hydrogens (tertiary/aromatic N) is 1. The van der Waals surface area contributed by atoms with Crippen molar-refractivity contribution in [1.82, 2.24) is 20.9 Å². The van der Waals surface area contributed by atoms with Gasteiger partial charge < -0.3 is 20.9 Å². The van der Waals surface area contributed by atoms with E-state index < -0.39 is 6.03 Å². The monoisotopic (exact) mass is 360 g/mol. The first-order chi connectivity index (χ1) is 12.2. The maximum atomic E-state index is 11.8. The van der Waals surface area contributed by atoms with Crippen molar-refractivity contribution in [2.24, 2.45) is 0 Å². The predicted octanol–water partition coefficient (Wildman–Crippen LogP) is 1.52. The second kappa shape index (κ2) is 8.69. The molecule has 1 saturated heterocycles.